The van der Waals surface area contributed by atoms with Crippen molar-refractivity contribution in [3.8, 4) is 5.75 Å². The maximum atomic E-state index is 11.4. The van der Waals surface area contributed by atoms with Gasteiger partial charge in [0.05, 0.1) is 0 Å². The summed E-state index contributed by atoms with van der Waals surface area (Å²) in [5.41, 5.74) is 1.33. The summed E-state index contributed by atoms with van der Waals surface area (Å²) in [7, 11) is 0. The number of benzene rings is 2. The minimum absolute atomic E-state index is 0.388. The summed E-state index contributed by atoms with van der Waals surface area (Å²) in [6.07, 6.45) is 1.73. The van der Waals surface area contributed by atoms with Gasteiger partial charge in [-0.3, -0.25) is 4.79 Å². The number of hydrogen-bond acceptors (Lipinski definition) is 2. The van der Waals surface area contributed by atoms with E-state index in [0.717, 1.165) is 22.1 Å². The van der Waals surface area contributed by atoms with Crippen LogP contribution < -0.4 is 4.74 Å². The molecule has 84 valence electrons. The molecule has 0 N–H and O–H groups in total. The van der Waals surface area contributed by atoms with Crippen molar-refractivity contribution in [2.24, 2.45) is 0 Å². The summed E-state index contributed by atoms with van der Waals surface area (Å²) in [6.45, 7) is 0.388. The number of hydrogen-bond donors (Lipinski definition) is 0. The fraction of sp³-hybridized carbons (Fsp3) is 0.0714. The van der Waals surface area contributed by atoms with Crippen molar-refractivity contribution >= 4 is 33.2 Å². The fourth-order valence-electron chi connectivity index (χ4n) is 2.14. The van der Waals surface area contributed by atoms with Gasteiger partial charge in [0.1, 0.15) is 12.4 Å². The highest BCUT2D eigenvalue weighted by atomic mass is 35.5. The van der Waals surface area contributed by atoms with Crippen LogP contribution in [0.3, 0.4) is 0 Å². The Morgan fingerprint density at radius 3 is 2.82 bits per heavy atom. The van der Waals surface area contributed by atoms with Crippen molar-refractivity contribution in [2.75, 3.05) is 6.61 Å². The summed E-state index contributed by atoms with van der Waals surface area (Å²) in [4.78, 5) is 11.4. The molecule has 3 rings (SSSR count). The zero-order chi connectivity index (χ0) is 11.8. The van der Waals surface area contributed by atoms with E-state index in [2.05, 4.69) is 0 Å². The van der Waals surface area contributed by atoms with Crippen LogP contribution in [0.5, 0.6) is 5.75 Å². The minimum atomic E-state index is -0.439. The fourth-order valence-corrected chi connectivity index (χ4v) is 2.32. The van der Waals surface area contributed by atoms with E-state index in [-0.39, 0.29) is 0 Å². The van der Waals surface area contributed by atoms with Gasteiger partial charge in [0.15, 0.2) is 0 Å². The SMILES string of the molecule is O=C(Cl)C1=CCOc2ccc3ccccc3c21. The van der Waals surface area contributed by atoms with Gasteiger partial charge in [-0.2, -0.15) is 0 Å². The molecule has 0 fully saturated rings. The van der Waals surface area contributed by atoms with Crippen LogP contribution in [0.4, 0.5) is 0 Å². The molecule has 2 aromatic rings. The number of carbonyl (C=O) groups is 1. The molecule has 0 aromatic heterocycles. The molecule has 1 aliphatic heterocycles. The standard InChI is InChI=1S/C14H9ClO2/c15-14(16)11-7-8-17-12-6-5-9-3-1-2-4-10(9)13(11)12/h1-7H,8H2. The van der Waals surface area contributed by atoms with Crippen molar-refractivity contribution in [2.45, 2.75) is 0 Å². The van der Waals surface area contributed by atoms with E-state index in [9.17, 15) is 4.79 Å². The van der Waals surface area contributed by atoms with Crippen molar-refractivity contribution < 1.29 is 9.53 Å². The number of halogens is 1. The van der Waals surface area contributed by atoms with E-state index in [4.69, 9.17) is 16.3 Å². The highest BCUT2D eigenvalue weighted by Gasteiger charge is 2.20. The maximum Gasteiger partial charge on any atom is 0.252 e. The third-order valence-electron chi connectivity index (χ3n) is 2.90. The first-order valence-electron chi connectivity index (χ1n) is 5.32. The van der Waals surface area contributed by atoms with Crippen LogP contribution in [0.15, 0.2) is 42.5 Å². The topological polar surface area (TPSA) is 26.3 Å². The van der Waals surface area contributed by atoms with Crippen molar-refractivity contribution in [3.63, 3.8) is 0 Å². The zero-order valence-corrected chi connectivity index (χ0v) is 9.70. The average Bonchev–Trinajstić information content (AvgIpc) is 2.37. The van der Waals surface area contributed by atoms with Crippen LogP contribution in [0, 0.1) is 0 Å². The van der Waals surface area contributed by atoms with Gasteiger partial charge in [0, 0.05) is 11.1 Å². The number of rotatable bonds is 1. The van der Waals surface area contributed by atoms with E-state index < -0.39 is 5.24 Å². The second kappa shape index (κ2) is 3.90. The Morgan fingerprint density at radius 1 is 1.18 bits per heavy atom. The Hall–Kier alpha value is -1.80. The van der Waals surface area contributed by atoms with Gasteiger partial charge in [-0.15, -0.1) is 0 Å². The Balaban J connectivity index is 2.38. The lowest BCUT2D eigenvalue weighted by Crippen LogP contribution is -2.08. The first-order chi connectivity index (χ1) is 8.27. The minimum Gasteiger partial charge on any atom is -0.489 e. The molecule has 0 unspecified atom stereocenters. The largest absolute Gasteiger partial charge is 0.489 e. The first kappa shape index (κ1) is 10.4. The lowest BCUT2D eigenvalue weighted by Gasteiger charge is -2.18. The number of allylic oxidation sites excluding steroid dienone is 1. The molecule has 0 amide bonds. The van der Waals surface area contributed by atoms with Gasteiger partial charge in [-0.25, -0.2) is 0 Å². The molecule has 0 radical (unpaired) electrons. The lowest BCUT2D eigenvalue weighted by atomic mass is 9.96. The molecule has 0 saturated heterocycles. The highest BCUT2D eigenvalue weighted by molar-refractivity contribution is 6.74. The number of fused-ring (bicyclic) bond motifs is 3. The monoisotopic (exact) mass is 244 g/mol. The summed E-state index contributed by atoms with van der Waals surface area (Å²) < 4.78 is 5.52. The van der Waals surface area contributed by atoms with Gasteiger partial charge < -0.3 is 4.74 Å². The predicted molar refractivity (Wildman–Crippen MR) is 68.3 cm³/mol. The Morgan fingerprint density at radius 2 is 2.00 bits per heavy atom. The number of carbonyl (C=O) groups excluding carboxylic acids is 1. The van der Waals surface area contributed by atoms with E-state index >= 15 is 0 Å². The summed E-state index contributed by atoms with van der Waals surface area (Å²) >= 11 is 5.62. The molecule has 0 aliphatic carbocycles. The molecule has 1 heterocycles. The molecule has 0 spiro atoms. The van der Waals surface area contributed by atoms with Gasteiger partial charge in [0.2, 0.25) is 0 Å². The van der Waals surface area contributed by atoms with Crippen LogP contribution in [-0.4, -0.2) is 11.8 Å². The van der Waals surface area contributed by atoms with Gasteiger partial charge >= 0.3 is 0 Å². The second-order valence-electron chi connectivity index (χ2n) is 3.86. The van der Waals surface area contributed by atoms with Crippen molar-refractivity contribution in [3.05, 3.63) is 48.0 Å². The lowest BCUT2D eigenvalue weighted by molar-refractivity contribution is -0.106. The summed E-state index contributed by atoms with van der Waals surface area (Å²) in [5, 5.41) is 1.62. The zero-order valence-electron chi connectivity index (χ0n) is 8.94. The third kappa shape index (κ3) is 1.61. The Kier molecular flexibility index (Phi) is 2.37. The quantitative estimate of drug-likeness (QED) is 0.719. The van der Waals surface area contributed by atoms with Crippen LogP contribution >= 0.6 is 11.6 Å². The van der Waals surface area contributed by atoms with Gasteiger partial charge in [-0.1, -0.05) is 30.3 Å². The molecule has 1 aliphatic rings. The summed E-state index contributed by atoms with van der Waals surface area (Å²) in [5.74, 6) is 0.718. The molecule has 2 aromatic carbocycles. The predicted octanol–water partition coefficient (Wildman–Crippen LogP) is 3.38. The molecule has 0 bridgehead atoms. The first-order valence-corrected chi connectivity index (χ1v) is 5.70. The summed E-state index contributed by atoms with van der Waals surface area (Å²) in [6, 6.07) is 11.7. The van der Waals surface area contributed by atoms with E-state index in [1.807, 2.05) is 36.4 Å². The second-order valence-corrected chi connectivity index (χ2v) is 4.21. The van der Waals surface area contributed by atoms with Crippen molar-refractivity contribution in [1.82, 2.24) is 0 Å². The van der Waals surface area contributed by atoms with Crippen LogP contribution in [0.2, 0.25) is 0 Å². The molecule has 0 saturated carbocycles. The Bertz CT molecular complexity index is 644. The van der Waals surface area contributed by atoms with Gasteiger partial charge in [-0.05, 0) is 34.5 Å². The molecular weight excluding hydrogens is 236 g/mol. The van der Waals surface area contributed by atoms with Crippen molar-refractivity contribution in [1.29, 1.82) is 0 Å². The normalized spacial score (nSPS) is 13.8. The molecular formula is C14H9ClO2. The molecule has 0 atom stereocenters. The molecule has 2 nitrogen and oxygen atoms in total. The van der Waals surface area contributed by atoms with Crippen LogP contribution in [0.1, 0.15) is 5.56 Å². The highest BCUT2D eigenvalue weighted by Crippen LogP contribution is 2.37. The Labute approximate surface area is 103 Å². The average molecular weight is 245 g/mol. The van der Waals surface area contributed by atoms with Gasteiger partial charge in [0.25, 0.3) is 5.24 Å². The smallest absolute Gasteiger partial charge is 0.252 e. The number of ether oxygens (including phenoxy) is 1. The van der Waals surface area contributed by atoms with E-state index in [0.29, 0.717) is 12.2 Å². The molecule has 3 heteroatoms. The molecule has 17 heavy (non-hydrogen) atoms. The maximum absolute atomic E-state index is 11.4. The van der Waals surface area contributed by atoms with Crippen LogP contribution in [0.25, 0.3) is 16.3 Å². The van der Waals surface area contributed by atoms with Crippen LogP contribution in [-0.2, 0) is 4.79 Å². The van der Waals surface area contributed by atoms with E-state index in [1.165, 1.54) is 0 Å². The van der Waals surface area contributed by atoms with E-state index in [1.54, 1.807) is 6.08 Å². The third-order valence-corrected chi connectivity index (χ3v) is 3.10.